The van der Waals surface area contributed by atoms with Crippen molar-refractivity contribution in [1.82, 2.24) is 9.97 Å². The van der Waals surface area contributed by atoms with Gasteiger partial charge in [0.15, 0.2) is 11.6 Å². The number of aliphatic hydroxyl groups excluding tert-OH is 1. The Labute approximate surface area is 160 Å². The zero-order valence-corrected chi connectivity index (χ0v) is 14.7. The third kappa shape index (κ3) is 3.29. The van der Waals surface area contributed by atoms with Gasteiger partial charge in [-0.2, -0.15) is 5.26 Å². The predicted molar refractivity (Wildman–Crippen MR) is 105 cm³/mol. The Hall–Kier alpha value is -4.11. The monoisotopic (exact) mass is 369 g/mol. The predicted octanol–water partition coefficient (Wildman–Crippen LogP) is 4.37. The number of aliphatic hydroxyl groups is 1. The molecule has 3 aromatic carbocycles. The van der Waals surface area contributed by atoms with E-state index in [0.29, 0.717) is 11.1 Å². The molecule has 6 heteroatoms. The van der Waals surface area contributed by atoms with Gasteiger partial charge in [0.1, 0.15) is 18.2 Å². The van der Waals surface area contributed by atoms with Gasteiger partial charge < -0.3 is 14.8 Å². The molecule has 0 aliphatic carbocycles. The molecule has 4 rings (SSSR count). The van der Waals surface area contributed by atoms with E-state index in [-0.39, 0.29) is 17.2 Å². The first-order chi connectivity index (χ1) is 13.7. The zero-order valence-electron chi connectivity index (χ0n) is 14.7. The van der Waals surface area contributed by atoms with E-state index >= 15 is 0 Å². The lowest BCUT2D eigenvalue weighted by molar-refractivity contribution is 0.0503. The number of rotatable bonds is 4. The van der Waals surface area contributed by atoms with Crippen LogP contribution in [0, 0.1) is 11.3 Å². The number of carbonyl (C=O) groups is 1. The van der Waals surface area contributed by atoms with Crippen LogP contribution in [0.4, 0.5) is 0 Å². The molecule has 0 fully saturated rings. The molecule has 0 bridgehead atoms. The Morgan fingerprint density at radius 3 is 2.61 bits per heavy atom. The van der Waals surface area contributed by atoms with Gasteiger partial charge in [0.25, 0.3) is 0 Å². The quantitative estimate of drug-likeness (QED) is 0.316. The number of carbonyl (C=O) groups excluding carboxylic acids is 1. The largest absolute Gasteiger partial charge is 0.507 e. The second kappa shape index (κ2) is 7.25. The molecule has 0 radical (unpaired) electrons. The average Bonchev–Trinajstić information content (AvgIpc) is 3.15. The number of fused-ring (bicyclic) bond motifs is 2. The van der Waals surface area contributed by atoms with Gasteiger partial charge in [0.05, 0.1) is 16.6 Å². The van der Waals surface area contributed by atoms with Gasteiger partial charge in [-0.05, 0) is 35.0 Å². The van der Waals surface area contributed by atoms with Crippen LogP contribution in [0.15, 0.2) is 72.5 Å². The summed E-state index contributed by atoms with van der Waals surface area (Å²) in [5.41, 5.74) is 1.72. The average molecular weight is 369 g/mol. The van der Waals surface area contributed by atoms with E-state index in [1.54, 1.807) is 18.2 Å². The third-order valence-electron chi connectivity index (χ3n) is 4.35. The Morgan fingerprint density at radius 1 is 1.07 bits per heavy atom. The molecule has 0 aliphatic heterocycles. The van der Waals surface area contributed by atoms with Crippen LogP contribution in [-0.2, 0) is 4.74 Å². The molecule has 0 atom stereocenters. The van der Waals surface area contributed by atoms with E-state index in [4.69, 9.17) is 4.74 Å². The van der Waals surface area contributed by atoms with Crippen molar-refractivity contribution < 1.29 is 14.6 Å². The highest BCUT2D eigenvalue weighted by Gasteiger charge is 2.15. The summed E-state index contributed by atoms with van der Waals surface area (Å²) in [4.78, 5) is 19.6. The van der Waals surface area contributed by atoms with E-state index in [0.717, 1.165) is 16.3 Å². The minimum Gasteiger partial charge on any atom is -0.507 e. The number of aromatic amines is 1. The number of aromatic nitrogens is 2. The maximum absolute atomic E-state index is 12.3. The van der Waals surface area contributed by atoms with Crippen molar-refractivity contribution in [1.29, 1.82) is 5.26 Å². The fourth-order valence-electron chi connectivity index (χ4n) is 2.93. The molecule has 28 heavy (non-hydrogen) atoms. The number of hydrogen-bond donors (Lipinski definition) is 2. The summed E-state index contributed by atoms with van der Waals surface area (Å²) < 4.78 is 5.18. The van der Waals surface area contributed by atoms with Crippen molar-refractivity contribution in [3.8, 4) is 6.07 Å². The number of nitriles is 1. The summed E-state index contributed by atoms with van der Waals surface area (Å²) >= 11 is 0. The van der Waals surface area contributed by atoms with Crippen molar-refractivity contribution >= 4 is 33.3 Å². The zero-order chi connectivity index (χ0) is 19.5. The molecule has 2 N–H and O–H groups in total. The first kappa shape index (κ1) is 17.3. The number of nitrogens with zero attached hydrogens (tertiary/aromatic N) is 2. The molecule has 0 aliphatic rings. The summed E-state index contributed by atoms with van der Waals surface area (Å²) in [6.07, 6.45) is 0. The van der Waals surface area contributed by atoms with Crippen molar-refractivity contribution in [2.45, 2.75) is 0 Å². The van der Waals surface area contributed by atoms with E-state index < -0.39 is 12.6 Å². The summed E-state index contributed by atoms with van der Waals surface area (Å²) in [5.74, 6) is -0.724. The second-order valence-electron chi connectivity index (χ2n) is 6.17. The Morgan fingerprint density at radius 2 is 1.82 bits per heavy atom. The summed E-state index contributed by atoms with van der Waals surface area (Å²) in [6, 6.07) is 22.1. The Kier molecular flexibility index (Phi) is 4.48. The number of nitrogens with one attached hydrogen (secondary N) is 1. The maximum Gasteiger partial charge on any atom is 0.338 e. The van der Waals surface area contributed by atoms with E-state index in [1.807, 2.05) is 54.6 Å². The van der Waals surface area contributed by atoms with Crippen LogP contribution >= 0.6 is 0 Å². The molecule has 4 aromatic rings. The second-order valence-corrected chi connectivity index (χ2v) is 6.17. The van der Waals surface area contributed by atoms with Gasteiger partial charge in [0, 0.05) is 0 Å². The van der Waals surface area contributed by atoms with Gasteiger partial charge in [-0.1, -0.05) is 42.5 Å². The first-order valence-electron chi connectivity index (χ1n) is 8.59. The molecule has 0 amide bonds. The molecule has 0 spiro atoms. The van der Waals surface area contributed by atoms with Gasteiger partial charge in [-0.15, -0.1) is 0 Å². The minimum absolute atomic E-state index is 0.0671. The van der Waals surface area contributed by atoms with Gasteiger partial charge in [-0.3, -0.25) is 0 Å². The van der Waals surface area contributed by atoms with Crippen molar-refractivity contribution in [2.75, 3.05) is 6.61 Å². The maximum atomic E-state index is 12.3. The molecule has 1 aromatic heterocycles. The van der Waals surface area contributed by atoms with E-state index in [1.165, 1.54) is 0 Å². The third-order valence-corrected chi connectivity index (χ3v) is 4.35. The van der Waals surface area contributed by atoms with Crippen LogP contribution in [0.5, 0.6) is 0 Å². The number of ether oxygens (including phenoxy) is 1. The molecular weight excluding hydrogens is 354 g/mol. The lowest BCUT2D eigenvalue weighted by Gasteiger charge is -2.06. The minimum atomic E-state index is -0.584. The number of allylic oxidation sites excluding steroid dienone is 1. The van der Waals surface area contributed by atoms with Gasteiger partial charge >= 0.3 is 5.97 Å². The lowest BCUT2D eigenvalue weighted by atomic mass is 10.1. The van der Waals surface area contributed by atoms with Crippen molar-refractivity contribution in [3.05, 3.63) is 83.9 Å². The topological polar surface area (TPSA) is 99.0 Å². The summed E-state index contributed by atoms with van der Waals surface area (Å²) in [6.45, 7) is -0.425. The van der Waals surface area contributed by atoms with Crippen LogP contribution in [0.25, 0.3) is 27.4 Å². The van der Waals surface area contributed by atoms with E-state index in [9.17, 15) is 15.2 Å². The fourth-order valence-corrected chi connectivity index (χ4v) is 2.93. The molecule has 0 saturated heterocycles. The van der Waals surface area contributed by atoms with Crippen LogP contribution in [0.1, 0.15) is 16.2 Å². The molecule has 0 unspecified atom stereocenters. The first-order valence-corrected chi connectivity index (χ1v) is 8.59. The van der Waals surface area contributed by atoms with Gasteiger partial charge in [-0.25, -0.2) is 9.78 Å². The normalized spacial score (nSPS) is 11.8. The Bertz CT molecular complexity index is 1230. The number of benzene rings is 3. The standard InChI is InChI=1S/C22H15N3O3/c23-12-17(21-24-18-7-3-4-8-19(18)25-21)20(26)13-28-22(27)16-10-9-14-5-1-2-6-15(14)11-16/h1-11,26H,13H2,(H,24,25). The molecule has 6 nitrogen and oxygen atoms in total. The highest BCUT2D eigenvalue weighted by atomic mass is 16.5. The highest BCUT2D eigenvalue weighted by Crippen LogP contribution is 2.20. The van der Waals surface area contributed by atoms with Crippen molar-refractivity contribution in [2.24, 2.45) is 0 Å². The highest BCUT2D eigenvalue weighted by molar-refractivity contribution is 5.95. The van der Waals surface area contributed by atoms with E-state index in [2.05, 4.69) is 9.97 Å². The SMILES string of the molecule is N#CC(=C(O)COC(=O)c1ccc2ccccc2c1)c1nc2ccccc2[nH]1. The fraction of sp³-hybridized carbons (Fsp3) is 0.0455. The summed E-state index contributed by atoms with van der Waals surface area (Å²) in [5, 5.41) is 21.6. The van der Waals surface area contributed by atoms with Gasteiger partial charge in [0.2, 0.25) is 0 Å². The van der Waals surface area contributed by atoms with Crippen molar-refractivity contribution in [3.63, 3.8) is 0 Å². The number of imidazole rings is 1. The van der Waals surface area contributed by atoms with Crippen LogP contribution in [0.3, 0.4) is 0 Å². The number of esters is 1. The molecule has 0 saturated carbocycles. The van der Waals surface area contributed by atoms with Crippen LogP contribution < -0.4 is 0 Å². The number of H-pyrrole nitrogens is 1. The number of para-hydroxylation sites is 2. The molecular formula is C22H15N3O3. The van der Waals surface area contributed by atoms with Crippen LogP contribution in [-0.4, -0.2) is 27.7 Å². The molecule has 1 heterocycles. The summed E-state index contributed by atoms with van der Waals surface area (Å²) in [7, 11) is 0. The lowest BCUT2D eigenvalue weighted by Crippen LogP contribution is -2.09. The molecule has 136 valence electrons. The number of hydrogen-bond acceptors (Lipinski definition) is 5. The Balaban J connectivity index is 1.54. The van der Waals surface area contributed by atoms with Crippen LogP contribution in [0.2, 0.25) is 0 Å². The smallest absolute Gasteiger partial charge is 0.338 e.